The van der Waals surface area contributed by atoms with Gasteiger partial charge in [-0.15, -0.1) is 0 Å². The Morgan fingerprint density at radius 3 is 1.61 bits per heavy atom. The maximum Gasteiger partial charge on any atom is 0.143 e. The van der Waals surface area contributed by atoms with Crippen LogP contribution < -0.4 is 0 Å². The van der Waals surface area contributed by atoms with Crippen LogP contribution in [-0.4, -0.2) is 0 Å². The van der Waals surface area contributed by atoms with Gasteiger partial charge >= 0.3 is 0 Å². The molecule has 61 heavy (non-hydrogen) atoms. The van der Waals surface area contributed by atoms with Gasteiger partial charge in [0.2, 0.25) is 0 Å². The van der Waals surface area contributed by atoms with Gasteiger partial charge in [0.05, 0.1) is 0 Å². The fraction of sp³-hybridized carbons (Fsp3) is 0.100. The molecular weight excluding hydrogens is 737 g/mol. The third-order valence-corrected chi connectivity index (χ3v) is 14.5. The summed E-state index contributed by atoms with van der Waals surface area (Å²) in [5, 5.41) is 9.91. The molecular formula is C60H42O. The zero-order valence-corrected chi connectivity index (χ0v) is 34.7. The van der Waals surface area contributed by atoms with E-state index in [0.29, 0.717) is 0 Å². The molecule has 1 heteroatoms. The molecule has 10 aromatic carbocycles. The molecule has 11 aromatic rings. The Labute approximate surface area is 355 Å². The Bertz CT molecular complexity index is 3630. The molecule has 2 aliphatic carbocycles. The lowest BCUT2D eigenvalue weighted by Gasteiger charge is -2.23. The second-order valence-electron chi connectivity index (χ2n) is 18.4. The van der Waals surface area contributed by atoms with E-state index in [9.17, 15) is 0 Å². The number of hydrogen-bond acceptors (Lipinski definition) is 1. The molecule has 0 unspecified atom stereocenters. The predicted molar refractivity (Wildman–Crippen MR) is 258 cm³/mol. The molecule has 0 fully saturated rings. The first kappa shape index (κ1) is 34.6. The molecule has 0 aliphatic heterocycles. The Morgan fingerprint density at radius 2 is 0.869 bits per heavy atom. The molecule has 0 radical (unpaired) electrons. The van der Waals surface area contributed by atoms with Crippen LogP contribution in [0.1, 0.15) is 49.9 Å². The van der Waals surface area contributed by atoms with E-state index in [4.69, 9.17) is 4.42 Å². The van der Waals surface area contributed by atoms with Gasteiger partial charge in [0, 0.05) is 27.0 Å². The van der Waals surface area contributed by atoms with Crippen LogP contribution >= 0.6 is 0 Å². The van der Waals surface area contributed by atoms with Crippen LogP contribution in [0.4, 0.5) is 0 Å². The van der Waals surface area contributed by atoms with E-state index in [-0.39, 0.29) is 10.8 Å². The molecule has 0 spiro atoms. The van der Waals surface area contributed by atoms with Gasteiger partial charge in [0.1, 0.15) is 11.2 Å². The SMILES string of the molecule is CC1(C)c2ccc(-c3ccc4c(c3)C(C)(C)c3ccc5oc6c7ccccc7ccc6c5c3-4)cc2-c2ccc(-c3c4ccccc4c(-c4ccccc4)c4ccccc34)cc21. The summed E-state index contributed by atoms with van der Waals surface area (Å²) in [5.41, 5.74) is 20.0. The van der Waals surface area contributed by atoms with Crippen LogP contribution in [0.15, 0.2) is 186 Å². The monoisotopic (exact) mass is 778 g/mol. The molecule has 0 saturated heterocycles. The van der Waals surface area contributed by atoms with E-state index in [1.807, 2.05) is 0 Å². The standard InChI is InChI=1S/C60H42O/c1-59(2)49-29-25-37(38-23-27-46-52(33-38)60(3,4)50-30-31-53-57(56(46)50)47-28-22-35-14-8-9-17-40(35)58(47)61-53)32-48(49)41-26-24-39(34-51(41)59)55-44-20-12-10-18-42(44)54(36-15-6-5-7-16-36)43-19-11-13-21-45(43)55/h5-34H,1-4H3. The van der Waals surface area contributed by atoms with Gasteiger partial charge in [0.15, 0.2) is 0 Å². The van der Waals surface area contributed by atoms with E-state index in [1.54, 1.807) is 0 Å². The van der Waals surface area contributed by atoms with Gasteiger partial charge < -0.3 is 4.42 Å². The molecule has 0 saturated carbocycles. The Hall–Kier alpha value is -7.22. The topological polar surface area (TPSA) is 13.1 Å². The maximum atomic E-state index is 6.65. The molecule has 0 atom stereocenters. The normalized spacial score (nSPS) is 14.5. The third kappa shape index (κ3) is 4.67. The lowest BCUT2D eigenvalue weighted by molar-refractivity contribution is 0.657. The Balaban J connectivity index is 0.939. The van der Waals surface area contributed by atoms with E-state index in [2.05, 4.69) is 210 Å². The van der Waals surface area contributed by atoms with Crippen molar-refractivity contribution in [2.45, 2.75) is 38.5 Å². The third-order valence-electron chi connectivity index (χ3n) is 14.5. The number of hydrogen-bond donors (Lipinski definition) is 0. The average Bonchev–Trinajstić information content (AvgIpc) is 3.87. The minimum absolute atomic E-state index is 0.152. The van der Waals surface area contributed by atoms with Crippen molar-refractivity contribution in [3.05, 3.63) is 204 Å². The fourth-order valence-electron chi connectivity index (χ4n) is 11.4. The van der Waals surface area contributed by atoms with Crippen molar-refractivity contribution < 1.29 is 4.42 Å². The zero-order valence-electron chi connectivity index (χ0n) is 34.7. The lowest BCUT2D eigenvalue weighted by Crippen LogP contribution is -2.15. The van der Waals surface area contributed by atoms with Crippen LogP contribution in [0.25, 0.3) is 110 Å². The molecule has 13 rings (SSSR count). The molecule has 1 nitrogen and oxygen atoms in total. The second-order valence-corrected chi connectivity index (χ2v) is 18.4. The van der Waals surface area contributed by atoms with E-state index >= 15 is 0 Å². The summed E-state index contributed by atoms with van der Waals surface area (Å²) in [5.74, 6) is 0. The summed E-state index contributed by atoms with van der Waals surface area (Å²) >= 11 is 0. The van der Waals surface area contributed by atoms with E-state index in [0.717, 1.165) is 16.6 Å². The number of furan rings is 1. The minimum atomic E-state index is -0.162. The van der Waals surface area contributed by atoms with Gasteiger partial charge in [-0.1, -0.05) is 179 Å². The number of rotatable bonds is 3. The van der Waals surface area contributed by atoms with Crippen LogP contribution in [0.3, 0.4) is 0 Å². The summed E-state index contributed by atoms with van der Waals surface area (Å²) in [7, 11) is 0. The first-order chi connectivity index (χ1) is 29.8. The van der Waals surface area contributed by atoms with Crippen LogP contribution in [0, 0.1) is 0 Å². The van der Waals surface area contributed by atoms with Crippen molar-refractivity contribution in [3.63, 3.8) is 0 Å². The van der Waals surface area contributed by atoms with Gasteiger partial charge in [-0.25, -0.2) is 0 Å². The van der Waals surface area contributed by atoms with Crippen LogP contribution in [0.2, 0.25) is 0 Å². The van der Waals surface area contributed by atoms with Crippen molar-refractivity contribution in [1.29, 1.82) is 0 Å². The van der Waals surface area contributed by atoms with Crippen molar-refractivity contribution in [3.8, 4) is 55.6 Å². The maximum absolute atomic E-state index is 6.65. The number of fused-ring (bicyclic) bond motifs is 14. The fourth-order valence-corrected chi connectivity index (χ4v) is 11.4. The highest BCUT2D eigenvalue weighted by Crippen LogP contribution is 2.56. The Kier molecular flexibility index (Phi) is 6.91. The molecule has 0 N–H and O–H groups in total. The molecule has 1 heterocycles. The predicted octanol–water partition coefficient (Wildman–Crippen LogP) is 16.7. The number of benzene rings is 10. The second kappa shape index (κ2) is 12.2. The first-order valence-electron chi connectivity index (χ1n) is 21.6. The minimum Gasteiger partial charge on any atom is -0.455 e. The van der Waals surface area contributed by atoms with Gasteiger partial charge in [-0.3, -0.25) is 0 Å². The quantitative estimate of drug-likeness (QED) is 0.163. The van der Waals surface area contributed by atoms with Gasteiger partial charge in [0.25, 0.3) is 0 Å². The first-order valence-corrected chi connectivity index (χ1v) is 21.6. The lowest BCUT2D eigenvalue weighted by atomic mass is 9.80. The van der Waals surface area contributed by atoms with Gasteiger partial charge in [-0.05, 0) is 135 Å². The summed E-state index contributed by atoms with van der Waals surface area (Å²) < 4.78 is 6.65. The zero-order chi connectivity index (χ0) is 40.8. The molecule has 2 aliphatic rings. The Morgan fingerprint density at radius 1 is 0.328 bits per heavy atom. The van der Waals surface area contributed by atoms with Crippen molar-refractivity contribution in [2.75, 3.05) is 0 Å². The highest BCUT2D eigenvalue weighted by atomic mass is 16.3. The summed E-state index contributed by atoms with van der Waals surface area (Å²) in [6, 6.07) is 67.9. The summed E-state index contributed by atoms with van der Waals surface area (Å²) in [4.78, 5) is 0. The largest absolute Gasteiger partial charge is 0.455 e. The van der Waals surface area contributed by atoms with Gasteiger partial charge in [-0.2, -0.15) is 0 Å². The van der Waals surface area contributed by atoms with E-state index in [1.165, 1.54) is 116 Å². The molecule has 1 aromatic heterocycles. The highest BCUT2D eigenvalue weighted by molar-refractivity contribution is 6.22. The summed E-state index contributed by atoms with van der Waals surface area (Å²) in [6.45, 7) is 9.55. The molecule has 0 bridgehead atoms. The summed E-state index contributed by atoms with van der Waals surface area (Å²) in [6.07, 6.45) is 0. The highest BCUT2D eigenvalue weighted by Gasteiger charge is 2.39. The molecule has 0 amide bonds. The average molecular weight is 779 g/mol. The smallest absolute Gasteiger partial charge is 0.143 e. The van der Waals surface area contributed by atoms with Crippen molar-refractivity contribution in [2.24, 2.45) is 0 Å². The van der Waals surface area contributed by atoms with E-state index < -0.39 is 0 Å². The molecule has 288 valence electrons. The van der Waals surface area contributed by atoms with Crippen molar-refractivity contribution in [1.82, 2.24) is 0 Å². The van der Waals surface area contributed by atoms with Crippen molar-refractivity contribution >= 4 is 54.3 Å². The van der Waals surface area contributed by atoms with Crippen LogP contribution in [0.5, 0.6) is 0 Å². The van der Waals surface area contributed by atoms with Crippen LogP contribution in [-0.2, 0) is 10.8 Å².